The Morgan fingerprint density at radius 2 is 1.91 bits per heavy atom. The van der Waals surface area contributed by atoms with E-state index in [0.29, 0.717) is 11.7 Å². The molecule has 6 nitrogen and oxygen atoms in total. The van der Waals surface area contributed by atoms with Crippen LogP contribution in [0.3, 0.4) is 0 Å². The van der Waals surface area contributed by atoms with Gasteiger partial charge in [-0.1, -0.05) is 35.7 Å². The molecule has 3 heterocycles. The van der Waals surface area contributed by atoms with Crippen LogP contribution in [-0.4, -0.2) is 61.2 Å². The fourth-order valence-electron chi connectivity index (χ4n) is 4.33. The summed E-state index contributed by atoms with van der Waals surface area (Å²) in [6.07, 6.45) is 2.90. The topological polar surface area (TPSA) is 42.9 Å². The molecule has 0 unspecified atom stereocenters. The number of amides is 1. The first-order valence-corrected chi connectivity index (χ1v) is 14.4. The van der Waals surface area contributed by atoms with Crippen LogP contribution in [0, 0.1) is 0 Å². The minimum atomic E-state index is 0.0639. The van der Waals surface area contributed by atoms with Gasteiger partial charge in [0.1, 0.15) is 5.15 Å². The molecule has 3 aromatic rings. The molecular weight excluding hydrogens is 506 g/mol. The lowest BCUT2D eigenvalue weighted by atomic mass is 10.1. The lowest BCUT2D eigenvalue weighted by Gasteiger charge is -2.33. The molecule has 1 amide bonds. The van der Waals surface area contributed by atoms with E-state index in [1.807, 2.05) is 52.2 Å². The second-order valence-electron chi connectivity index (χ2n) is 8.15. The van der Waals surface area contributed by atoms with Crippen LogP contribution in [-0.2, 0) is 6.42 Å². The molecule has 0 atom stereocenters. The van der Waals surface area contributed by atoms with E-state index in [0.717, 1.165) is 54.7 Å². The molecule has 0 bridgehead atoms. The van der Waals surface area contributed by atoms with Crippen molar-refractivity contribution in [2.45, 2.75) is 11.3 Å². The summed E-state index contributed by atoms with van der Waals surface area (Å²) in [5.74, 6) is 0.0639. The van der Waals surface area contributed by atoms with E-state index in [2.05, 4.69) is 32.4 Å². The number of rotatable bonds is 6. The summed E-state index contributed by atoms with van der Waals surface area (Å²) in [6, 6.07) is 14.3. The van der Waals surface area contributed by atoms with Crippen LogP contribution in [0.4, 0.5) is 16.5 Å². The van der Waals surface area contributed by atoms with Gasteiger partial charge in [-0.25, -0.2) is 9.29 Å². The zero-order valence-corrected chi connectivity index (χ0v) is 22.3. The van der Waals surface area contributed by atoms with Crippen molar-refractivity contribution in [2.24, 2.45) is 0 Å². The maximum Gasteiger partial charge on any atom is 0.260 e. The molecule has 0 radical (unpaired) electrons. The van der Waals surface area contributed by atoms with Crippen molar-refractivity contribution in [1.82, 2.24) is 9.29 Å². The standard InChI is InChI=1S/C24H26ClN5OS3/c1-27(32-2)21-6-4-3-5-19(21)23(31)30-10-9-17-15-18(7-8-20(17)30)34-29-13-11-28(12-14-29)24-26-22(25)16-33-24/h3-8,15-16H,9-14H2,1-2H3. The monoisotopic (exact) mass is 531 g/mol. The van der Waals surface area contributed by atoms with Crippen molar-refractivity contribution in [3.8, 4) is 0 Å². The summed E-state index contributed by atoms with van der Waals surface area (Å²) in [5, 5.41) is 3.46. The number of hydrogen-bond donors (Lipinski definition) is 0. The second kappa shape index (κ2) is 10.4. The highest BCUT2D eigenvalue weighted by Crippen LogP contribution is 2.36. The lowest BCUT2D eigenvalue weighted by molar-refractivity contribution is 0.0990. The number of fused-ring (bicyclic) bond motifs is 1. The van der Waals surface area contributed by atoms with Gasteiger partial charge in [-0.2, -0.15) is 0 Å². The lowest BCUT2D eigenvalue weighted by Crippen LogP contribution is -2.43. The van der Waals surface area contributed by atoms with Crippen molar-refractivity contribution in [2.75, 3.05) is 60.1 Å². The SMILES string of the molecule is CSN(C)c1ccccc1C(=O)N1CCc2cc(SN3CCN(c4nc(Cl)cs4)CC3)ccc21. The molecule has 0 saturated carbocycles. The molecule has 0 N–H and O–H groups in total. The summed E-state index contributed by atoms with van der Waals surface area (Å²) in [5.41, 5.74) is 3.95. The Hall–Kier alpha value is -1.91. The zero-order valence-electron chi connectivity index (χ0n) is 19.1. The summed E-state index contributed by atoms with van der Waals surface area (Å²) in [6.45, 7) is 4.52. The van der Waals surface area contributed by atoms with Gasteiger partial charge >= 0.3 is 0 Å². The third-order valence-electron chi connectivity index (χ3n) is 6.15. The highest BCUT2D eigenvalue weighted by atomic mass is 35.5. The molecule has 0 spiro atoms. The fraction of sp³-hybridized carbons (Fsp3) is 0.333. The Kier molecular flexibility index (Phi) is 7.27. The van der Waals surface area contributed by atoms with Crippen molar-refractivity contribution >= 4 is 69.2 Å². The van der Waals surface area contributed by atoms with Gasteiger partial charge in [-0.05, 0) is 54.3 Å². The number of anilines is 3. The number of benzene rings is 2. The van der Waals surface area contributed by atoms with Gasteiger partial charge in [0.2, 0.25) is 0 Å². The first kappa shape index (κ1) is 23.8. The number of halogens is 1. The van der Waals surface area contributed by atoms with Crippen LogP contribution >= 0.6 is 46.8 Å². The van der Waals surface area contributed by atoms with Gasteiger partial charge in [-0.3, -0.25) is 4.79 Å². The largest absolute Gasteiger partial charge is 0.345 e. The number of carbonyl (C=O) groups is 1. The minimum Gasteiger partial charge on any atom is -0.345 e. The summed E-state index contributed by atoms with van der Waals surface area (Å²) in [7, 11) is 1.99. The van der Waals surface area contributed by atoms with E-state index in [-0.39, 0.29) is 5.91 Å². The summed E-state index contributed by atoms with van der Waals surface area (Å²) < 4.78 is 4.44. The number of nitrogens with zero attached hydrogens (tertiary/aromatic N) is 5. The Morgan fingerprint density at radius 3 is 2.65 bits per heavy atom. The molecule has 1 saturated heterocycles. The number of thiazole rings is 1. The molecule has 1 aromatic heterocycles. The van der Waals surface area contributed by atoms with E-state index >= 15 is 0 Å². The van der Waals surface area contributed by atoms with Gasteiger partial charge in [0.25, 0.3) is 5.91 Å². The molecule has 2 aliphatic rings. The summed E-state index contributed by atoms with van der Waals surface area (Å²) in [4.78, 5) is 23.3. The normalized spacial score (nSPS) is 16.1. The van der Waals surface area contributed by atoms with Crippen LogP contribution in [0.5, 0.6) is 0 Å². The third kappa shape index (κ3) is 4.90. The molecule has 178 valence electrons. The minimum absolute atomic E-state index is 0.0639. The van der Waals surface area contributed by atoms with Gasteiger partial charge < -0.3 is 14.1 Å². The first-order chi connectivity index (χ1) is 16.5. The summed E-state index contributed by atoms with van der Waals surface area (Å²) >= 11 is 11.0. The maximum atomic E-state index is 13.5. The van der Waals surface area contributed by atoms with Crippen LogP contribution in [0.1, 0.15) is 15.9 Å². The number of piperazine rings is 1. The molecule has 1 fully saturated rings. The quantitative estimate of drug-likeness (QED) is 0.387. The van der Waals surface area contributed by atoms with E-state index < -0.39 is 0 Å². The Bertz CT molecular complexity index is 1180. The average molecular weight is 532 g/mol. The van der Waals surface area contributed by atoms with E-state index in [9.17, 15) is 4.79 Å². The predicted molar refractivity (Wildman–Crippen MR) is 147 cm³/mol. The highest BCUT2D eigenvalue weighted by molar-refractivity contribution is 7.99. The van der Waals surface area contributed by atoms with Crippen LogP contribution in [0.25, 0.3) is 0 Å². The number of carbonyl (C=O) groups excluding carboxylic acids is 1. The van der Waals surface area contributed by atoms with Gasteiger partial charge in [0.05, 0.1) is 11.3 Å². The van der Waals surface area contributed by atoms with Crippen molar-refractivity contribution in [3.05, 3.63) is 64.1 Å². The maximum absolute atomic E-state index is 13.5. The van der Waals surface area contributed by atoms with Crippen LogP contribution in [0.15, 0.2) is 52.7 Å². The molecule has 10 heteroatoms. The Balaban J connectivity index is 1.25. The van der Waals surface area contributed by atoms with Crippen LogP contribution in [0.2, 0.25) is 5.15 Å². The molecular formula is C24H26ClN5OS3. The third-order valence-corrected chi connectivity index (χ3v) is 9.20. The van der Waals surface area contributed by atoms with Gasteiger partial charge in [0.15, 0.2) is 5.13 Å². The van der Waals surface area contributed by atoms with Crippen molar-refractivity contribution in [1.29, 1.82) is 0 Å². The van der Waals surface area contributed by atoms with Crippen molar-refractivity contribution in [3.63, 3.8) is 0 Å². The van der Waals surface area contributed by atoms with E-state index in [1.165, 1.54) is 10.5 Å². The number of aromatic nitrogens is 1. The number of para-hydroxylation sites is 1. The van der Waals surface area contributed by atoms with E-state index in [1.54, 1.807) is 35.2 Å². The van der Waals surface area contributed by atoms with Crippen LogP contribution < -0.4 is 14.1 Å². The molecule has 2 aliphatic heterocycles. The van der Waals surface area contributed by atoms with Gasteiger partial charge in [-0.15, -0.1) is 11.3 Å². The zero-order chi connectivity index (χ0) is 23.7. The predicted octanol–water partition coefficient (Wildman–Crippen LogP) is 5.54. The second-order valence-corrected chi connectivity index (χ2v) is 11.5. The fourth-order valence-corrected chi connectivity index (χ4v) is 6.65. The Morgan fingerprint density at radius 1 is 1.12 bits per heavy atom. The Labute approximate surface area is 218 Å². The molecule has 2 aromatic carbocycles. The van der Waals surface area contributed by atoms with Crippen molar-refractivity contribution < 1.29 is 4.79 Å². The molecule has 0 aliphatic carbocycles. The smallest absolute Gasteiger partial charge is 0.260 e. The molecule has 5 rings (SSSR count). The van der Waals surface area contributed by atoms with Gasteiger partial charge in [0, 0.05) is 62.0 Å². The highest BCUT2D eigenvalue weighted by Gasteiger charge is 2.28. The molecule has 34 heavy (non-hydrogen) atoms. The average Bonchev–Trinajstić information content (AvgIpc) is 3.49. The van der Waals surface area contributed by atoms with E-state index in [4.69, 9.17) is 11.6 Å². The first-order valence-electron chi connectivity index (χ1n) is 11.1. The number of hydrogen-bond acceptors (Lipinski definition) is 8.